The van der Waals surface area contributed by atoms with Gasteiger partial charge in [-0.3, -0.25) is 0 Å². The van der Waals surface area contributed by atoms with E-state index in [-0.39, 0.29) is 27.7 Å². The lowest BCUT2D eigenvalue weighted by Crippen LogP contribution is -2.17. The Hall–Kier alpha value is -1.80. The van der Waals surface area contributed by atoms with Gasteiger partial charge in [0.2, 0.25) is 5.28 Å². The van der Waals surface area contributed by atoms with Crippen molar-refractivity contribution in [2.75, 3.05) is 5.32 Å². The van der Waals surface area contributed by atoms with E-state index in [2.05, 4.69) is 25.2 Å². The Labute approximate surface area is 120 Å². The lowest BCUT2D eigenvalue weighted by Gasteiger charge is -2.11. The molecule has 2 rings (SSSR count). The van der Waals surface area contributed by atoms with Gasteiger partial charge in [0.1, 0.15) is 5.75 Å². The van der Waals surface area contributed by atoms with Gasteiger partial charge in [0.25, 0.3) is 0 Å². The molecule has 0 aliphatic heterocycles. The van der Waals surface area contributed by atoms with Gasteiger partial charge >= 0.3 is 6.36 Å². The first kappa shape index (κ1) is 14.6. The van der Waals surface area contributed by atoms with Crippen LogP contribution in [0.1, 0.15) is 0 Å². The van der Waals surface area contributed by atoms with E-state index in [0.29, 0.717) is 0 Å². The van der Waals surface area contributed by atoms with Crippen molar-refractivity contribution >= 4 is 34.7 Å². The lowest BCUT2D eigenvalue weighted by molar-refractivity contribution is -0.274. The molecule has 5 nitrogen and oxygen atoms in total. The zero-order chi connectivity index (χ0) is 14.8. The first-order valence-electron chi connectivity index (χ1n) is 5.02. The summed E-state index contributed by atoms with van der Waals surface area (Å²) in [5.74, 6) is -0.317. The molecule has 0 spiro atoms. The fourth-order valence-corrected chi connectivity index (χ4v) is 1.53. The number of alkyl halides is 3. The van der Waals surface area contributed by atoms with E-state index in [1.165, 1.54) is 12.1 Å². The van der Waals surface area contributed by atoms with Crippen molar-refractivity contribution in [3.63, 3.8) is 0 Å². The van der Waals surface area contributed by atoms with Crippen molar-refractivity contribution in [1.82, 2.24) is 15.2 Å². The predicted octanol–water partition coefficient (Wildman–Crippen LogP) is 3.82. The minimum atomic E-state index is -4.77. The summed E-state index contributed by atoms with van der Waals surface area (Å²) >= 11 is 11.3. The van der Waals surface area contributed by atoms with E-state index in [9.17, 15) is 13.2 Å². The molecule has 0 amide bonds. The zero-order valence-corrected chi connectivity index (χ0v) is 11.0. The molecule has 0 aliphatic carbocycles. The first-order valence-corrected chi connectivity index (χ1v) is 5.77. The lowest BCUT2D eigenvalue weighted by atomic mass is 10.3. The molecule has 2 aromatic rings. The Bertz CT molecular complexity index is 624. The molecule has 1 heterocycles. The summed E-state index contributed by atoms with van der Waals surface area (Å²) in [6, 6.07) is 5.15. The van der Waals surface area contributed by atoms with E-state index in [1.54, 1.807) is 0 Å². The van der Waals surface area contributed by atoms with Crippen LogP contribution in [0.2, 0.25) is 10.4 Å². The molecule has 0 fully saturated rings. The van der Waals surface area contributed by atoms with Crippen LogP contribution in [0.4, 0.5) is 24.7 Å². The molecule has 1 aromatic carbocycles. The molecule has 106 valence electrons. The number of halogens is 5. The van der Waals surface area contributed by atoms with E-state index < -0.39 is 6.36 Å². The summed E-state index contributed by atoms with van der Waals surface area (Å²) in [5.41, 5.74) is 0.269. The minimum absolute atomic E-state index is 0.0656. The minimum Gasteiger partial charge on any atom is -0.406 e. The molecule has 0 atom stereocenters. The number of nitrogens with zero attached hydrogens (tertiary/aromatic N) is 3. The molecule has 0 unspecified atom stereocenters. The number of ether oxygens (including phenoxy) is 1. The summed E-state index contributed by atoms with van der Waals surface area (Å²) in [6.45, 7) is 0. The van der Waals surface area contributed by atoms with Gasteiger partial charge in [-0.2, -0.15) is 4.98 Å². The quantitative estimate of drug-likeness (QED) is 0.930. The van der Waals surface area contributed by atoms with Gasteiger partial charge in [0.05, 0.1) is 0 Å². The van der Waals surface area contributed by atoms with Crippen molar-refractivity contribution in [2.45, 2.75) is 6.36 Å². The maximum Gasteiger partial charge on any atom is 0.573 e. The van der Waals surface area contributed by atoms with Gasteiger partial charge in [0, 0.05) is 11.8 Å². The summed E-state index contributed by atoms with van der Waals surface area (Å²) in [5, 5.41) is 9.35. The van der Waals surface area contributed by atoms with Crippen molar-refractivity contribution in [3.8, 4) is 5.75 Å². The second-order valence-electron chi connectivity index (χ2n) is 3.42. The van der Waals surface area contributed by atoms with E-state index in [4.69, 9.17) is 23.2 Å². The van der Waals surface area contributed by atoms with E-state index in [1.807, 2.05) is 0 Å². The Morgan fingerprint density at radius 2 is 1.90 bits per heavy atom. The van der Waals surface area contributed by atoms with Crippen LogP contribution in [-0.4, -0.2) is 21.5 Å². The molecular weight excluding hydrogens is 320 g/mol. The number of anilines is 2. The molecule has 0 bridgehead atoms. The van der Waals surface area contributed by atoms with Crippen LogP contribution in [0.5, 0.6) is 5.75 Å². The van der Waals surface area contributed by atoms with Gasteiger partial charge in [-0.05, 0) is 23.7 Å². The second-order valence-corrected chi connectivity index (χ2v) is 4.12. The molecule has 20 heavy (non-hydrogen) atoms. The fourth-order valence-electron chi connectivity index (χ4n) is 1.28. The molecular formula is C10H5Cl2F3N4O. The normalized spacial score (nSPS) is 11.2. The molecule has 0 saturated carbocycles. The van der Waals surface area contributed by atoms with Crippen LogP contribution in [-0.2, 0) is 0 Å². The van der Waals surface area contributed by atoms with E-state index >= 15 is 0 Å². The number of benzene rings is 1. The molecule has 0 aliphatic rings. The Morgan fingerprint density at radius 1 is 1.15 bits per heavy atom. The van der Waals surface area contributed by atoms with Gasteiger partial charge < -0.3 is 10.1 Å². The number of hydrogen-bond donors (Lipinski definition) is 1. The van der Waals surface area contributed by atoms with Crippen molar-refractivity contribution < 1.29 is 17.9 Å². The third-order valence-electron chi connectivity index (χ3n) is 1.95. The van der Waals surface area contributed by atoms with Crippen LogP contribution in [0.25, 0.3) is 0 Å². The second kappa shape index (κ2) is 5.68. The Balaban J connectivity index is 2.21. The highest BCUT2D eigenvalue weighted by atomic mass is 35.5. The highest BCUT2D eigenvalue weighted by molar-refractivity contribution is 6.32. The Morgan fingerprint density at radius 3 is 2.60 bits per heavy atom. The van der Waals surface area contributed by atoms with Gasteiger partial charge in [-0.25, -0.2) is 0 Å². The number of hydrogen-bond acceptors (Lipinski definition) is 5. The maximum atomic E-state index is 12.1. The van der Waals surface area contributed by atoms with Crippen LogP contribution in [0, 0.1) is 0 Å². The van der Waals surface area contributed by atoms with E-state index in [0.717, 1.165) is 12.1 Å². The summed E-state index contributed by atoms with van der Waals surface area (Å²) in [4.78, 5) is 3.76. The fraction of sp³-hybridized carbons (Fsp3) is 0.100. The third-order valence-corrected chi connectivity index (χ3v) is 2.36. The summed E-state index contributed by atoms with van der Waals surface area (Å²) in [7, 11) is 0. The molecule has 1 aromatic heterocycles. The van der Waals surface area contributed by atoms with Gasteiger partial charge in [-0.1, -0.05) is 17.7 Å². The number of nitrogens with one attached hydrogen (secondary N) is 1. The number of rotatable bonds is 3. The monoisotopic (exact) mass is 324 g/mol. The highest BCUT2D eigenvalue weighted by Crippen LogP contribution is 2.27. The van der Waals surface area contributed by atoms with Gasteiger partial charge in [-0.15, -0.1) is 23.4 Å². The predicted molar refractivity (Wildman–Crippen MR) is 66.3 cm³/mol. The number of aromatic nitrogens is 3. The first-order chi connectivity index (χ1) is 9.33. The Kier molecular flexibility index (Phi) is 4.15. The molecule has 0 saturated heterocycles. The smallest absolute Gasteiger partial charge is 0.406 e. The standard InChI is InChI=1S/C10H5Cl2F3N4O/c11-7-8(17-9(12)19-18-7)16-5-2-1-3-6(4-5)20-10(13,14)15/h1-4H,(H,16,17,19). The van der Waals surface area contributed by atoms with Crippen molar-refractivity contribution in [1.29, 1.82) is 0 Å². The van der Waals surface area contributed by atoms with Crippen molar-refractivity contribution in [2.24, 2.45) is 0 Å². The zero-order valence-electron chi connectivity index (χ0n) is 9.45. The largest absolute Gasteiger partial charge is 0.573 e. The summed E-state index contributed by atoms with van der Waals surface area (Å²) < 4.78 is 40.1. The van der Waals surface area contributed by atoms with Crippen LogP contribution in [0.3, 0.4) is 0 Å². The van der Waals surface area contributed by atoms with Crippen LogP contribution < -0.4 is 10.1 Å². The SMILES string of the molecule is FC(F)(F)Oc1cccc(Nc2nc(Cl)nnc2Cl)c1. The van der Waals surface area contributed by atoms with Gasteiger partial charge in [0.15, 0.2) is 11.0 Å². The molecule has 0 radical (unpaired) electrons. The summed E-state index contributed by atoms with van der Waals surface area (Å²) in [6.07, 6.45) is -4.77. The highest BCUT2D eigenvalue weighted by Gasteiger charge is 2.31. The van der Waals surface area contributed by atoms with Crippen LogP contribution in [0.15, 0.2) is 24.3 Å². The third kappa shape index (κ3) is 4.10. The average Bonchev–Trinajstić information content (AvgIpc) is 2.32. The van der Waals surface area contributed by atoms with Crippen LogP contribution >= 0.6 is 23.2 Å². The maximum absolute atomic E-state index is 12.1. The molecule has 1 N–H and O–H groups in total. The molecule has 10 heteroatoms. The topological polar surface area (TPSA) is 59.9 Å². The average molecular weight is 325 g/mol. The van der Waals surface area contributed by atoms with Crippen molar-refractivity contribution in [3.05, 3.63) is 34.7 Å².